The average Bonchev–Trinajstić information content (AvgIpc) is 3.13. The monoisotopic (exact) mass is 432 g/mol. The lowest BCUT2D eigenvalue weighted by Crippen LogP contribution is -2.75. The molecule has 1 aliphatic carbocycles. The molecule has 0 radical (unpaired) electrons. The van der Waals surface area contributed by atoms with Crippen LogP contribution in [0.4, 0.5) is 4.39 Å². The largest absolute Gasteiger partial charge is 0.378 e. The van der Waals surface area contributed by atoms with Crippen molar-refractivity contribution in [2.45, 2.75) is 45.4 Å². The number of amides is 1. The van der Waals surface area contributed by atoms with Crippen LogP contribution in [-0.2, 0) is 16.1 Å². The second kappa shape index (κ2) is 9.22. The van der Waals surface area contributed by atoms with E-state index in [9.17, 15) is 9.18 Å². The second-order valence-electron chi connectivity index (χ2n) is 7.28. The number of nitrogens with one attached hydrogen (secondary N) is 1. The predicted octanol–water partition coefficient (Wildman–Crippen LogP) is 3.00. The molecule has 1 saturated carbocycles. The van der Waals surface area contributed by atoms with Gasteiger partial charge in [-0.25, -0.2) is 9.37 Å². The van der Waals surface area contributed by atoms with E-state index in [4.69, 9.17) is 10.5 Å². The molecule has 1 aliphatic rings. The first-order chi connectivity index (χ1) is 12.3. The van der Waals surface area contributed by atoms with Crippen LogP contribution in [0.5, 0.6) is 0 Å². The molecule has 6 nitrogen and oxygen atoms in total. The Labute approximate surface area is 176 Å². The van der Waals surface area contributed by atoms with Crippen molar-refractivity contribution in [3.8, 4) is 5.69 Å². The number of benzene rings is 1. The van der Waals surface area contributed by atoms with Gasteiger partial charge in [0.05, 0.1) is 18.1 Å². The molecule has 156 valence electrons. The van der Waals surface area contributed by atoms with Gasteiger partial charge in [-0.2, -0.15) is 0 Å². The van der Waals surface area contributed by atoms with Gasteiger partial charge in [-0.1, -0.05) is 19.9 Å². The Morgan fingerprint density at radius 3 is 2.68 bits per heavy atom. The number of ether oxygens (including phenoxy) is 1. The molecule has 1 fully saturated rings. The number of imidazole rings is 1. The number of rotatable bonds is 6. The molecule has 3 N–H and O–H groups in total. The van der Waals surface area contributed by atoms with Crippen molar-refractivity contribution in [1.29, 1.82) is 0 Å². The van der Waals surface area contributed by atoms with E-state index in [0.717, 1.165) is 0 Å². The molecule has 1 amide bonds. The molecule has 0 bridgehead atoms. The molecule has 0 spiro atoms. The van der Waals surface area contributed by atoms with Gasteiger partial charge >= 0.3 is 0 Å². The van der Waals surface area contributed by atoms with Crippen LogP contribution in [-0.4, -0.2) is 33.7 Å². The lowest BCUT2D eigenvalue weighted by Gasteiger charge is -2.57. The van der Waals surface area contributed by atoms with E-state index in [2.05, 4.69) is 10.3 Å². The Balaban J connectivity index is 0.00000196. The quantitative estimate of drug-likeness (QED) is 0.734. The number of aromatic nitrogens is 2. The van der Waals surface area contributed by atoms with Crippen molar-refractivity contribution in [2.24, 2.45) is 11.1 Å². The molecule has 0 saturated heterocycles. The molecule has 3 rings (SSSR count). The van der Waals surface area contributed by atoms with Crippen molar-refractivity contribution < 1.29 is 13.9 Å². The van der Waals surface area contributed by atoms with E-state index < -0.39 is 11.0 Å². The molecule has 1 heterocycles. The molecular weight excluding hydrogens is 406 g/mol. The van der Waals surface area contributed by atoms with E-state index in [0.29, 0.717) is 24.3 Å². The maximum Gasteiger partial charge on any atom is 0.241 e. The lowest BCUT2D eigenvalue weighted by atomic mass is 9.54. The first-order valence-corrected chi connectivity index (χ1v) is 8.75. The smallest absolute Gasteiger partial charge is 0.241 e. The van der Waals surface area contributed by atoms with Crippen LogP contribution in [0, 0.1) is 11.2 Å². The van der Waals surface area contributed by atoms with E-state index in [1.807, 2.05) is 20.8 Å². The summed E-state index contributed by atoms with van der Waals surface area (Å²) in [5.41, 5.74) is 5.99. The van der Waals surface area contributed by atoms with Crippen LogP contribution in [0.2, 0.25) is 0 Å². The van der Waals surface area contributed by atoms with Gasteiger partial charge in [0.15, 0.2) is 0 Å². The highest BCUT2D eigenvalue weighted by molar-refractivity contribution is 5.88. The fraction of sp³-hybridized carbons (Fsp3) is 0.474. The SMILES string of the molecule is CCOC1CC(N)(C(=O)NCc2ccc(-n3ccnc3)c(F)c2)C1(C)C.Cl.Cl. The van der Waals surface area contributed by atoms with Gasteiger partial charge in [-0.15, -0.1) is 24.8 Å². The Hall–Kier alpha value is -1.67. The molecule has 0 aliphatic heterocycles. The Morgan fingerprint density at radius 2 is 2.14 bits per heavy atom. The topological polar surface area (TPSA) is 82.2 Å². The first kappa shape index (κ1) is 24.4. The average molecular weight is 433 g/mol. The highest BCUT2D eigenvalue weighted by Crippen LogP contribution is 2.49. The minimum absolute atomic E-state index is 0. The summed E-state index contributed by atoms with van der Waals surface area (Å²) in [6.07, 6.45) is 5.24. The summed E-state index contributed by atoms with van der Waals surface area (Å²) in [7, 11) is 0. The predicted molar refractivity (Wildman–Crippen MR) is 111 cm³/mol. The van der Waals surface area contributed by atoms with E-state index >= 15 is 0 Å². The molecular formula is C19H27Cl2FN4O2. The zero-order valence-corrected chi connectivity index (χ0v) is 17.8. The summed E-state index contributed by atoms with van der Waals surface area (Å²) in [5, 5.41) is 2.84. The highest BCUT2D eigenvalue weighted by Gasteiger charge is 2.62. The van der Waals surface area contributed by atoms with Gasteiger partial charge in [-0.05, 0) is 24.6 Å². The van der Waals surface area contributed by atoms with Crippen LogP contribution < -0.4 is 11.1 Å². The number of hydrogen-bond acceptors (Lipinski definition) is 4. The van der Waals surface area contributed by atoms with Crippen LogP contribution >= 0.6 is 24.8 Å². The van der Waals surface area contributed by atoms with E-state index in [1.54, 1.807) is 29.1 Å². The van der Waals surface area contributed by atoms with Crippen molar-refractivity contribution in [2.75, 3.05) is 6.61 Å². The van der Waals surface area contributed by atoms with Gasteiger partial charge < -0.3 is 20.4 Å². The molecule has 9 heteroatoms. The van der Waals surface area contributed by atoms with Gasteiger partial charge in [0, 0.05) is 37.4 Å². The third-order valence-corrected chi connectivity index (χ3v) is 5.48. The van der Waals surface area contributed by atoms with Crippen molar-refractivity contribution >= 4 is 30.7 Å². The first-order valence-electron chi connectivity index (χ1n) is 8.75. The third kappa shape index (κ3) is 4.17. The number of halogens is 3. The van der Waals surface area contributed by atoms with Crippen LogP contribution in [0.1, 0.15) is 32.8 Å². The van der Waals surface area contributed by atoms with Gasteiger partial charge in [-0.3, -0.25) is 4.79 Å². The Bertz CT molecular complexity index is 801. The number of nitrogens with two attached hydrogens (primary N) is 1. The van der Waals surface area contributed by atoms with Crippen molar-refractivity contribution in [3.63, 3.8) is 0 Å². The minimum Gasteiger partial charge on any atom is -0.378 e. The van der Waals surface area contributed by atoms with Crippen LogP contribution in [0.3, 0.4) is 0 Å². The number of carbonyl (C=O) groups is 1. The van der Waals surface area contributed by atoms with Gasteiger partial charge in [0.1, 0.15) is 11.4 Å². The maximum atomic E-state index is 14.3. The normalized spacial score (nSPS) is 22.4. The standard InChI is InChI=1S/C19H25FN4O2.2ClH/c1-4-26-16-10-19(21,18(16,2)3)17(25)23-11-13-5-6-15(14(20)9-13)24-8-7-22-12-24;;/h5-9,12,16H,4,10-11,21H2,1-3H3,(H,23,25);2*1H. The Morgan fingerprint density at radius 1 is 1.43 bits per heavy atom. The molecule has 1 aromatic heterocycles. The summed E-state index contributed by atoms with van der Waals surface area (Å²) < 4.78 is 21.5. The molecule has 2 aromatic rings. The molecule has 2 atom stereocenters. The zero-order chi connectivity index (χ0) is 18.9. The van der Waals surface area contributed by atoms with E-state index in [-0.39, 0.29) is 49.2 Å². The van der Waals surface area contributed by atoms with E-state index in [1.165, 1.54) is 12.4 Å². The highest BCUT2D eigenvalue weighted by atomic mass is 35.5. The molecule has 2 unspecified atom stereocenters. The molecule has 1 aromatic carbocycles. The van der Waals surface area contributed by atoms with Crippen LogP contribution in [0.25, 0.3) is 5.69 Å². The fourth-order valence-corrected chi connectivity index (χ4v) is 3.43. The van der Waals surface area contributed by atoms with Crippen LogP contribution in [0.15, 0.2) is 36.9 Å². The minimum atomic E-state index is -0.984. The third-order valence-electron chi connectivity index (χ3n) is 5.48. The summed E-state index contributed by atoms with van der Waals surface area (Å²) in [5.74, 6) is -0.616. The second-order valence-corrected chi connectivity index (χ2v) is 7.28. The zero-order valence-electron chi connectivity index (χ0n) is 16.1. The maximum absolute atomic E-state index is 14.3. The fourth-order valence-electron chi connectivity index (χ4n) is 3.43. The Kier molecular flexibility index (Phi) is 8.02. The summed E-state index contributed by atoms with van der Waals surface area (Å²) >= 11 is 0. The number of hydrogen-bond donors (Lipinski definition) is 2. The summed E-state index contributed by atoms with van der Waals surface area (Å²) in [6, 6.07) is 4.85. The van der Waals surface area contributed by atoms with Crippen molar-refractivity contribution in [3.05, 3.63) is 48.3 Å². The summed E-state index contributed by atoms with van der Waals surface area (Å²) in [6.45, 7) is 6.61. The number of nitrogens with zero attached hydrogens (tertiary/aromatic N) is 2. The summed E-state index contributed by atoms with van der Waals surface area (Å²) in [4.78, 5) is 16.5. The van der Waals surface area contributed by atoms with Gasteiger partial charge in [0.2, 0.25) is 5.91 Å². The number of carbonyl (C=O) groups excluding carboxylic acids is 1. The molecule has 28 heavy (non-hydrogen) atoms. The van der Waals surface area contributed by atoms with Gasteiger partial charge in [0.25, 0.3) is 0 Å². The van der Waals surface area contributed by atoms with Crippen molar-refractivity contribution in [1.82, 2.24) is 14.9 Å². The lowest BCUT2D eigenvalue weighted by molar-refractivity contribution is -0.170.